The Morgan fingerprint density at radius 3 is 2.74 bits per heavy atom. The summed E-state index contributed by atoms with van der Waals surface area (Å²) in [5.41, 5.74) is 5.72. The molecule has 1 heterocycles. The van der Waals surface area contributed by atoms with Gasteiger partial charge in [0.05, 0.1) is 12.5 Å². The summed E-state index contributed by atoms with van der Waals surface area (Å²) in [6, 6.07) is 4.39. The molecule has 3 N–H and O–H groups in total. The molecule has 2 atom stereocenters. The number of halogens is 4. The van der Waals surface area contributed by atoms with Crippen LogP contribution in [0.3, 0.4) is 0 Å². The van der Waals surface area contributed by atoms with Gasteiger partial charge in [-0.05, 0) is 18.6 Å². The van der Waals surface area contributed by atoms with Gasteiger partial charge in [-0.25, -0.2) is 0 Å². The summed E-state index contributed by atoms with van der Waals surface area (Å²) in [5, 5.41) is 2.60. The van der Waals surface area contributed by atoms with Crippen molar-refractivity contribution < 1.29 is 32.2 Å². The van der Waals surface area contributed by atoms with Crippen LogP contribution in [0.5, 0.6) is 5.75 Å². The zero-order valence-corrected chi connectivity index (χ0v) is 15.3. The molecule has 1 aromatic rings. The highest BCUT2D eigenvalue weighted by Gasteiger charge is 2.35. The number of methoxy groups -OCH3 is 1. The van der Waals surface area contributed by atoms with E-state index in [2.05, 4.69) is 10.1 Å². The van der Waals surface area contributed by atoms with Crippen LogP contribution in [0.1, 0.15) is 12.8 Å². The third kappa shape index (κ3) is 6.56. The van der Waals surface area contributed by atoms with Crippen LogP contribution in [0, 0.1) is 0 Å². The third-order valence-electron chi connectivity index (χ3n) is 3.91. The average Bonchev–Trinajstić information content (AvgIpc) is 2.92. The number of hydrogen-bond donors (Lipinski definition) is 2. The Balaban J connectivity index is 0.00000364. The van der Waals surface area contributed by atoms with Crippen LogP contribution in [-0.2, 0) is 14.3 Å². The Kier molecular flexibility index (Phi) is 8.32. The van der Waals surface area contributed by atoms with E-state index in [1.807, 2.05) is 0 Å². The number of nitrogens with two attached hydrogens (primary N) is 1. The van der Waals surface area contributed by atoms with E-state index in [-0.39, 0.29) is 43.5 Å². The summed E-state index contributed by atoms with van der Waals surface area (Å²) in [5.74, 6) is -1.19. The number of rotatable bonds is 7. The Hall–Kier alpha value is -2.04. The van der Waals surface area contributed by atoms with Crippen molar-refractivity contribution in [2.75, 3.05) is 25.1 Å². The first kappa shape index (κ1) is 23.0. The van der Waals surface area contributed by atoms with Crippen LogP contribution in [-0.4, -0.2) is 50.5 Å². The molecule has 7 nitrogen and oxygen atoms in total. The predicted molar refractivity (Wildman–Crippen MR) is 93.7 cm³/mol. The third-order valence-corrected chi connectivity index (χ3v) is 3.91. The van der Waals surface area contributed by atoms with Gasteiger partial charge in [-0.1, -0.05) is 6.07 Å². The van der Waals surface area contributed by atoms with Crippen LogP contribution in [0.2, 0.25) is 0 Å². The number of ether oxygens (including phenoxy) is 2. The minimum atomic E-state index is -4.81. The summed E-state index contributed by atoms with van der Waals surface area (Å²) in [6.45, 7) is 0.435. The molecule has 152 valence electrons. The Morgan fingerprint density at radius 1 is 1.44 bits per heavy atom. The number of carbonyl (C=O) groups excluding carboxylic acids is 2. The van der Waals surface area contributed by atoms with Crippen molar-refractivity contribution in [3.63, 3.8) is 0 Å². The van der Waals surface area contributed by atoms with Gasteiger partial charge in [0.2, 0.25) is 11.8 Å². The quantitative estimate of drug-likeness (QED) is 0.710. The molecule has 2 rings (SSSR count). The summed E-state index contributed by atoms with van der Waals surface area (Å²) in [4.78, 5) is 25.7. The van der Waals surface area contributed by atoms with Gasteiger partial charge in [0, 0.05) is 32.0 Å². The molecule has 1 aliphatic rings. The highest BCUT2D eigenvalue weighted by Crippen LogP contribution is 2.29. The standard InChI is InChI=1S/C16H20F3N3O4.ClH/c1-25-12(9-20)8-14(23)21-13-5-6-22(15(13)24)10-3-2-4-11(7-10)26-16(17,18)19;/h2-4,7,12-13H,5-6,8-9,20H2,1H3,(H,21,23);1H. The van der Waals surface area contributed by atoms with Crippen molar-refractivity contribution in [2.24, 2.45) is 5.73 Å². The first-order valence-corrected chi connectivity index (χ1v) is 7.93. The van der Waals surface area contributed by atoms with Gasteiger partial charge in [-0.2, -0.15) is 0 Å². The minimum absolute atomic E-state index is 0. The molecular weight excluding hydrogens is 391 g/mol. The van der Waals surface area contributed by atoms with Gasteiger partial charge in [0.15, 0.2) is 0 Å². The van der Waals surface area contributed by atoms with Crippen molar-refractivity contribution in [1.29, 1.82) is 0 Å². The van der Waals surface area contributed by atoms with E-state index < -0.39 is 30.2 Å². The van der Waals surface area contributed by atoms with Gasteiger partial charge >= 0.3 is 6.36 Å². The number of benzene rings is 1. The molecule has 1 fully saturated rings. The molecule has 1 aliphatic heterocycles. The monoisotopic (exact) mass is 411 g/mol. The van der Waals surface area contributed by atoms with Gasteiger partial charge in [0.25, 0.3) is 0 Å². The van der Waals surface area contributed by atoms with E-state index in [1.54, 1.807) is 0 Å². The highest BCUT2D eigenvalue weighted by molar-refractivity contribution is 6.01. The molecule has 0 aliphatic carbocycles. The van der Waals surface area contributed by atoms with E-state index in [9.17, 15) is 22.8 Å². The molecule has 27 heavy (non-hydrogen) atoms. The molecule has 2 amide bonds. The zero-order valence-electron chi connectivity index (χ0n) is 14.5. The second-order valence-electron chi connectivity index (χ2n) is 5.74. The fourth-order valence-electron chi connectivity index (χ4n) is 2.64. The maximum absolute atomic E-state index is 12.5. The molecule has 11 heteroatoms. The largest absolute Gasteiger partial charge is 0.573 e. The van der Waals surface area contributed by atoms with Crippen LogP contribution in [0.4, 0.5) is 18.9 Å². The number of hydrogen-bond acceptors (Lipinski definition) is 5. The smallest absolute Gasteiger partial charge is 0.406 e. The molecule has 2 unspecified atom stereocenters. The lowest BCUT2D eigenvalue weighted by Crippen LogP contribution is -2.43. The molecule has 0 saturated carbocycles. The summed E-state index contributed by atoms with van der Waals surface area (Å²) in [6.07, 6.45) is -4.90. The molecule has 0 radical (unpaired) electrons. The predicted octanol–water partition coefficient (Wildman–Crippen LogP) is 1.59. The maximum atomic E-state index is 12.5. The summed E-state index contributed by atoms with van der Waals surface area (Å²) < 4.78 is 45.9. The molecule has 0 bridgehead atoms. The van der Waals surface area contributed by atoms with Crippen LogP contribution >= 0.6 is 12.4 Å². The molecule has 1 saturated heterocycles. The number of amides is 2. The van der Waals surface area contributed by atoms with Crippen molar-refractivity contribution in [1.82, 2.24) is 5.32 Å². The average molecular weight is 412 g/mol. The summed E-state index contributed by atoms with van der Waals surface area (Å²) in [7, 11) is 1.43. The van der Waals surface area contributed by atoms with Gasteiger partial charge in [0.1, 0.15) is 11.8 Å². The van der Waals surface area contributed by atoms with Crippen molar-refractivity contribution in [2.45, 2.75) is 31.3 Å². The van der Waals surface area contributed by atoms with E-state index in [0.29, 0.717) is 6.42 Å². The van der Waals surface area contributed by atoms with Crippen LogP contribution in [0.15, 0.2) is 24.3 Å². The lowest BCUT2D eigenvalue weighted by atomic mass is 10.2. The van der Waals surface area contributed by atoms with Crippen LogP contribution in [0.25, 0.3) is 0 Å². The Labute approximate surface area is 160 Å². The number of carbonyl (C=O) groups is 2. The van der Waals surface area contributed by atoms with Crippen LogP contribution < -0.4 is 20.7 Å². The Bertz CT molecular complexity index is 656. The second kappa shape index (κ2) is 9.77. The maximum Gasteiger partial charge on any atom is 0.573 e. The normalized spacial score (nSPS) is 18.0. The van der Waals surface area contributed by atoms with E-state index in [0.717, 1.165) is 12.1 Å². The zero-order chi connectivity index (χ0) is 19.3. The molecular formula is C16H21ClF3N3O4. The summed E-state index contributed by atoms with van der Waals surface area (Å²) >= 11 is 0. The topological polar surface area (TPSA) is 93.9 Å². The van der Waals surface area contributed by atoms with E-state index in [1.165, 1.54) is 24.1 Å². The number of anilines is 1. The number of nitrogens with zero attached hydrogens (tertiary/aromatic N) is 1. The first-order valence-electron chi connectivity index (χ1n) is 7.93. The SMILES string of the molecule is COC(CN)CC(=O)NC1CCN(c2cccc(OC(F)(F)F)c2)C1=O.Cl. The van der Waals surface area contributed by atoms with Gasteiger partial charge < -0.3 is 25.4 Å². The van der Waals surface area contributed by atoms with Crippen molar-refractivity contribution >= 4 is 29.9 Å². The van der Waals surface area contributed by atoms with Gasteiger partial charge in [-0.15, -0.1) is 25.6 Å². The van der Waals surface area contributed by atoms with Gasteiger partial charge in [-0.3, -0.25) is 9.59 Å². The molecule has 1 aromatic carbocycles. The second-order valence-corrected chi connectivity index (χ2v) is 5.74. The van der Waals surface area contributed by atoms with E-state index in [4.69, 9.17) is 10.5 Å². The molecule has 0 spiro atoms. The first-order chi connectivity index (χ1) is 12.2. The fourth-order valence-corrected chi connectivity index (χ4v) is 2.64. The fraction of sp³-hybridized carbons (Fsp3) is 0.500. The van der Waals surface area contributed by atoms with Crippen molar-refractivity contribution in [3.05, 3.63) is 24.3 Å². The van der Waals surface area contributed by atoms with Crippen molar-refractivity contribution in [3.8, 4) is 5.75 Å². The lowest BCUT2D eigenvalue weighted by molar-refractivity contribution is -0.274. The highest BCUT2D eigenvalue weighted by atomic mass is 35.5. The molecule has 0 aromatic heterocycles. The Morgan fingerprint density at radius 2 is 2.15 bits per heavy atom. The minimum Gasteiger partial charge on any atom is -0.406 e. The number of alkyl halides is 3. The number of nitrogens with one attached hydrogen (secondary N) is 1. The lowest BCUT2D eigenvalue weighted by Gasteiger charge is -2.19. The van der Waals surface area contributed by atoms with E-state index >= 15 is 0 Å².